The lowest BCUT2D eigenvalue weighted by molar-refractivity contribution is -0.135. The molecule has 2 amide bonds. The van der Waals surface area contributed by atoms with Crippen molar-refractivity contribution in [2.45, 2.75) is 52.4 Å². The number of nitrogens with zero attached hydrogens (tertiary/aromatic N) is 2. The Hall–Kier alpha value is -1.99. The van der Waals surface area contributed by atoms with E-state index in [0.717, 1.165) is 13.1 Å². The molecule has 0 saturated carbocycles. The van der Waals surface area contributed by atoms with Crippen LogP contribution in [0.25, 0.3) is 0 Å². The maximum atomic E-state index is 12.7. The number of anilines is 1. The van der Waals surface area contributed by atoms with Crippen molar-refractivity contribution in [1.29, 1.82) is 0 Å². The van der Waals surface area contributed by atoms with E-state index in [4.69, 9.17) is 4.74 Å². The molecule has 0 unspecified atom stereocenters. The number of ether oxygens (including phenoxy) is 1. The molecule has 1 aromatic heterocycles. The number of hydrogen-bond acceptors (Lipinski definition) is 5. The number of hydrogen-bond donors (Lipinski definition) is 2. The number of morpholine rings is 1. The van der Waals surface area contributed by atoms with Crippen LogP contribution in [0.4, 0.5) is 5.82 Å². The van der Waals surface area contributed by atoms with Crippen LogP contribution in [0.1, 0.15) is 34.1 Å². The van der Waals surface area contributed by atoms with Gasteiger partial charge in [-0.1, -0.05) is 19.9 Å². The normalized spacial score (nSPS) is 22.0. The molecule has 0 aromatic carbocycles. The van der Waals surface area contributed by atoms with Gasteiger partial charge in [0.2, 0.25) is 11.8 Å². The molecule has 3 atom stereocenters. The number of nitrogens with one attached hydrogen (secondary N) is 2. The zero-order chi connectivity index (χ0) is 19.1. The van der Waals surface area contributed by atoms with Gasteiger partial charge in [0.25, 0.3) is 0 Å². The van der Waals surface area contributed by atoms with E-state index in [1.54, 1.807) is 18.3 Å². The predicted octanol–water partition coefficient (Wildman–Crippen LogP) is 1.66. The summed E-state index contributed by atoms with van der Waals surface area (Å²) in [7, 11) is 0. The van der Waals surface area contributed by atoms with Crippen molar-refractivity contribution in [3.8, 4) is 0 Å². The van der Waals surface area contributed by atoms with Crippen molar-refractivity contribution in [3.05, 3.63) is 24.4 Å². The summed E-state index contributed by atoms with van der Waals surface area (Å²) in [6, 6.07) is 5.10. The molecule has 2 N–H and O–H groups in total. The van der Waals surface area contributed by atoms with Crippen LogP contribution in [0.15, 0.2) is 24.4 Å². The third-order valence-electron chi connectivity index (χ3n) is 4.33. The van der Waals surface area contributed by atoms with Gasteiger partial charge >= 0.3 is 0 Å². The fourth-order valence-electron chi connectivity index (χ4n) is 3.38. The largest absolute Gasteiger partial charge is 0.373 e. The van der Waals surface area contributed by atoms with Gasteiger partial charge in [-0.25, -0.2) is 4.98 Å². The SMILES string of the molecule is CC(C)[C@@H](C(=O)NCCC(=O)Nc1ccccn1)N1C[C@@H](C)O[C@@H](C)C1. The molecule has 1 aliphatic heterocycles. The molecule has 7 heteroatoms. The van der Waals surface area contributed by atoms with Crippen LogP contribution in [0.2, 0.25) is 0 Å². The Labute approximate surface area is 155 Å². The Kier molecular flexibility index (Phi) is 7.53. The highest BCUT2D eigenvalue weighted by Gasteiger charge is 2.33. The lowest BCUT2D eigenvalue weighted by Crippen LogP contribution is -2.57. The number of aromatic nitrogens is 1. The molecule has 0 aliphatic carbocycles. The van der Waals surface area contributed by atoms with Gasteiger partial charge < -0.3 is 15.4 Å². The van der Waals surface area contributed by atoms with E-state index in [2.05, 4.69) is 20.5 Å². The second kappa shape index (κ2) is 9.64. The smallest absolute Gasteiger partial charge is 0.237 e. The van der Waals surface area contributed by atoms with Gasteiger partial charge in [0.05, 0.1) is 18.2 Å². The average molecular weight is 362 g/mol. The van der Waals surface area contributed by atoms with Crippen LogP contribution in [0.3, 0.4) is 0 Å². The summed E-state index contributed by atoms with van der Waals surface area (Å²) in [5, 5.41) is 5.62. The first kappa shape index (κ1) is 20.3. The van der Waals surface area contributed by atoms with Crippen molar-refractivity contribution in [1.82, 2.24) is 15.2 Å². The van der Waals surface area contributed by atoms with E-state index in [9.17, 15) is 9.59 Å². The number of carbonyl (C=O) groups is 2. The molecule has 2 rings (SSSR count). The van der Waals surface area contributed by atoms with Gasteiger partial charge in [-0.3, -0.25) is 14.5 Å². The maximum absolute atomic E-state index is 12.7. The Balaban J connectivity index is 1.83. The van der Waals surface area contributed by atoms with Crippen LogP contribution in [-0.2, 0) is 14.3 Å². The fourth-order valence-corrected chi connectivity index (χ4v) is 3.38. The third-order valence-corrected chi connectivity index (χ3v) is 4.33. The topological polar surface area (TPSA) is 83.6 Å². The lowest BCUT2D eigenvalue weighted by atomic mass is 9.99. The highest BCUT2D eigenvalue weighted by Crippen LogP contribution is 2.18. The summed E-state index contributed by atoms with van der Waals surface area (Å²) >= 11 is 0. The molecule has 2 heterocycles. The highest BCUT2D eigenvalue weighted by molar-refractivity contribution is 5.90. The van der Waals surface area contributed by atoms with Crippen molar-refractivity contribution in [2.24, 2.45) is 5.92 Å². The first-order chi connectivity index (χ1) is 12.4. The Morgan fingerprint density at radius 3 is 2.54 bits per heavy atom. The van der Waals surface area contributed by atoms with Crippen LogP contribution in [-0.4, -0.2) is 59.6 Å². The number of amides is 2. The van der Waals surface area contributed by atoms with Crippen LogP contribution in [0.5, 0.6) is 0 Å². The van der Waals surface area contributed by atoms with Crippen LogP contribution in [0, 0.1) is 5.92 Å². The van der Waals surface area contributed by atoms with E-state index in [-0.39, 0.29) is 42.4 Å². The minimum absolute atomic E-state index is 0.0352. The molecule has 1 aliphatic rings. The van der Waals surface area contributed by atoms with Gasteiger partial charge in [0.1, 0.15) is 5.82 Å². The van der Waals surface area contributed by atoms with Gasteiger partial charge in [-0.05, 0) is 31.9 Å². The zero-order valence-corrected chi connectivity index (χ0v) is 16.1. The molecule has 1 saturated heterocycles. The fraction of sp³-hybridized carbons (Fsp3) is 0.632. The first-order valence-electron chi connectivity index (χ1n) is 9.25. The quantitative estimate of drug-likeness (QED) is 0.771. The molecule has 0 bridgehead atoms. The molecule has 26 heavy (non-hydrogen) atoms. The van der Waals surface area contributed by atoms with Crippen LogP contribution >= 0.6 is 0 Å². The molecule has 0 spiro atoms. The Morgan fingerprint density at radius 2 is 1.96 bits per heavy atom. The van der Waals surface area contributed by atoms with Crippen molar-refractivity contribution in [3.63, 3.8) is 0 Å². The van der Waals surface area contributed by atoms with Crippen molar-refractivity contribution in [2.75, 3.05) is 25.0 Å². The summed E-state index contributed by atoms with van der Waals surface area (Å²) in [6.07, 6.45) is 2.05. The number of carbonyl (C=O) groups excluding carboxylic acids is 2. The van der Waals surface area contributed by atoms with Crippen molar-refractivity contribution >= 4 is 17.6 Å². The van der Waals surface area contributed by atoms with E-state index in [1.165, 1.54) is 0 Å². The summed E-state index contributed by atoms with van der Waals surface area (Å²) < 4.78 is 5.76. The van der Waals surface area contributed by atoms with Gasteiger partial charge in [-0.2, -0.15) is 0 Å². The molecule has 7 nitrogen and oxygen atoms in total. The zero-order valence-electron chi connectivity index (χ0n) is 16.1. The van der Waals surface area contributed by atoms with Gasteiger partial charge in [0, 0.05) is 32.3 Å². The molecule has 144 valence electrons. The second-order valence-electron chi connectivity index (χ2n) is 7.20. The Morgan fingerprint density at radius 1 is 1.27 bits per heavy atom. The van der Waals surface area contributed by atoms with Gasteiger partial charge in [-0.15, -0.1) is 0 Å². The van der Waals surface area contributed by atoms with Crippen molar-refractivity contribution < 1.29 is 14.3 Å². The highest BCUT2D eigenvalue weighted by atomic mass is 16.5. The maximum Gasteiger partial charge on any atom is 0.237 e. The summed E-state index contributed by atoms with van der Waals surface area (Å²) in [4.78, 5) is 30.9. The molecular weight excluding hydrogens is 332 g/mol. The second-order valence-corrected chi connectivity index (χ2v) is 7.20. The van der Waals surface area contributed by atoms with Gasteiger partial charge in [0.15, 0.2) is 0 Å². The van der Waals surface area contributed by atoms with Crippen LogP contribution < -0.4 is 10.6 Å². The summed E-state index contributed by atoms with van der Waals surface area (Å²) in [5.41, 5.74) is 0. The minimum Gasteiger partial charge on any atom is -0.373 e. The summed E-state index contributed by atoms with van der Waals surface area (Å²) in [5.74, 6) is 0.487. The average Bonchev–Trinajstić information content (AvgIpc) is 2.54. The van der Waals surface area contributed by atoms with E-state index >= 15 is 0 Å². The monoisotopic (exact) mass is 362 g/mol. The van der Waals surface area contributed by atoms with E-state index in [1.807, 2.05) is 33.8 Å². The molecular formula is C19H30N4O3. The summed E-state index contributed by atoms with van der Waals surface area (Å²) in [6.45, 7) is 9.92. The molecule has 0 radical (unpaired) electrons. The minimum atomic E-state index is -0.220. The molecule has 1 fully saturated rings. The van der Waals surface area contributed by atoms with E-state index < -0.39 is 0 Å². The number of rotatable bonds is 7. The Bertz CT molecular complexity index is 584. The third kappa shape index (κ3) is 6.07. The molecule has 1 aromatic rings. The number of pyridine rings is 1. The standard InChI is InChI=1S/C19H30N4O3/c1-13(2)18(23-11-14(3)26-15(4)12-23)19(25)21-10-8-17(24)22-16-7-5-6-9-20-16/h5-7,9,13-15,18H,8,10-12H2,1-4H3,(H,21,25)(H,20,22,24)/t14-,15+,18-/m0/s1. The van der Waals surface area contributed by atoms with E-state index in [0.29, 0.717) is 12.4 Å². The first-order valence-corrected chi connectivity index (χ1v) is 9.25. The lowest BCUT2D eigenvalue weighted by Gasteiger charge is -2.41. The predicted molar refractivity (Wildman–Crippen MR) is 101 cm³/mol.